The van der Waals surface area contributed by atoms with Crippen molar-refractivity contribution in [3.63, 3.8) is 0 Å². The average Bonchev–Trinajstić information content (AvgIpc) is 3.29. The summed E-state index contributed by atoms with van der Waals surface area (Å²) in [5.41, 5.74) is 2.90. The van der Waals surface area contributed by atoms with Gasteiger partial charge in [-0.05, 0) is 43.5 Å². The van der Waals surface area contributed by atoms with Crippen LogP contribution in [-0.2, 0) is 0 Å². The van der Waals surface area contributed by atoms with Crippen LogP contribution in [0.3, 0.4) is 0 Å². The third kappa shape index (κ3) is 5.46. The van der Waals surface area contributed by atoms with E-state index in [9.17, 15) is 4.79 Å². The Kier molecular flexibility index (Phi) is 7.99. The Balaban J connectivity index is 0.00000256. The third-order valence-corrected chi connectivity index (χ3v) is 5.55. The summed E-state index contributed by atoms with van der Waals surface area (Å²) in [5.74, 6) is 0.0770. The molecule has 1 aromatic heterocycles. The molecule has 0 saturated carbocycles. The molecule has 1 aliphatic rings. The predicted octanol–water partition coefficient (Wildman–Crippen LogP) is 3.58. The number of benzene rings is 2. The molecule has 2 N–H and O–H groups in total. The van der Waals surface area contributed by atoms with E-state index in [2.05, 4.69) is 69.5 Å². The van der Waals surface area contributed by atoms with Gasteiger partial charge in [-0.15, -0.1) is 17.5 Å². The number of carbonyl (C=O) groups excluding carboxylic acids is 1. The van der Waals surface area contributed by atoms with Gasteiger partial charge in [0.1, 0.15) is 0 Å². The van der Waals surface area contributed by atoms with Crippen LogP contribution in [0.15, 0.2) is 66.9 Å². The first-order chi connectivity index (χ1) is 14.3. The molecule has 0 unspecified atom stereocenters. The number of nitrogens with one attached hydrogen (secondary N) is 2. The molecule has 2 aromatic carbocycles. The molecule has 4 rings (SSSR count). The minimum absolute atomic E-state index is 0. The Bertz CT molecular complexity index is 870. The highest BCUT2D eigenvalue weighted by molar-refractivity contribution is 5.91. The Morgan fingerprint density at radius 2 is 1.63 bits per heavy atom. The summed E-state index contributed by atoms with van der Waals surface area (Å²) in [5, 5.41) is 14.6. The second-order valence-corrected chi connectivity index (χ2v) is 7.48. The van der Waals surface area contributed by atoms with E-state index >= 15 is 0 Å². The van der Waals surface area contributed by atoms with Crippen LogP contribution in [0.2, 0.25) is 0 Å². The molecule has 0 spiro atoms. The highest BCUT2D eigenvalue weighted by Crippen LogP contribution is 2.27. The molecule has 0 atom stereocenters. The van der Waals surface area contributed by atoms with Crippen molar-refractivity contribution < 1.29 is 4.79 Å². The number of rotatable bonds is 7. The summed E-state index contributed by atoms with van der Waals surface area (Å²) < 4.78 is 1.84. The topological polar surface area (TPSA) is 71.8 Å². The quantitative estimate of drug-likeness (QED) is 0.607. The van der Waals surface area contributed by atoms with Crippen molar-refractivity contribution in [2.75, 3.05) is 19.6 Å². The normalized spacial score (nSPS) is 14.3. The second-order valence-electron chi connectivity index (χ2n) is 7.48. The summed E-state index contributed by atoms with van der Waals surface area (Å²) in [4.78, 5) is 12.6. The average molecular weight is 426 g/mol. The molecular weight excluding hydrogens is 398 g/mol. The molecule has 2 heterocycles. The van der Waals surface area contributed by atoms with Gasteiger partial charge in [-0.2, -0.15) is 0 Å². The van der Waals surface area contributed by atoms with Crippen molar-refractivity contribution in [2.45, 2.75) is 31.2 Å². The fourth-order valence-electron chi connectivity index (χ4n) is 3.95. The second kappa shape index (κ2) is 10.9. The molecule has 0 radical (unpaired) electrons. The largest absolute Gasteiger partial charge is 0.351 e. The Morgan fingerprint density at radius 1 is 1.03 bits per heavy atom. The lowest BCUT2D eigenvalue weighted by molar-refractivity contribution is 0.0947. The van der Waals surface area contributed by atoms with Crippen molar-refractivity contribution in [1.29, 1.82) is 0 Å². The third-order valence-electron chi connectivity index (χ3n) is 5.55. The lowest BCUT2D eigenvalue weighted by Crippen LogP contribution is -2.29. The number of piperidine rings is 1. The number of amides is 1. The van der Waals surface area contributed by atoms with Gasteiger partial charge in [-0.1, -0.05) is 65.9 Å². The highest BCUT2D eigenvalue weighted by atomic mass is 35.5. The van der Waals surface area contributed by atoms with Crippen LogP contribution in [0.4, 0.5) is 0 Å². The lowest BCUT2D eigenvalue weighted by Gasteiger charge is -2.22. The first kappa shape index (κ1) is 22.0. The van der Waals surface area contributed by atoms with Gasteiger partial charge in [0, 0.05) is 12.5 Å². The van der Waals surface area contributed by atoms with E-state index in [1.807, 2.05) is 16.8 Å². The van der Waals surface area contributed by atoms with Gasteiger partial charge in [-0.25, -0.2) is 4.68 Å². The Labute approximate surface area is 183 Å². The van der Waals surface area contributed by atoms with Gasteiger partial charge in [0.05, 0.1) is 12.2 Å². The van der Waals surface area contributed by atoms with E-state index in [0.717, 1.165) is 32.4 Å². The molecule has 1 aliphatic heterocycles. The molecule has 1 amide bonds. The van der Waals surface area contributed by atoms with E-state index < -0.39 is 0 Å². The maximum atomic E-state index is 12.6. The summed E-state index contributed by atoms with van der Waals surface area (Å²) >= 11 is 0. The zero-order valence-corrected chi connectivity index (χ0v) is 17.7. The lowest BCUT2D eigenvalue weighted by atomic mass is 9.88. The maximum absolute atomic E-state index is 12.6. The van der Waals surface area contributed by atoms with Crippen LogP contribution < -0.4 is 10.6 Å². The van der Waals surface area contributed by atoms with Crippen molar-refractivity contribution in [3.05, 3.63) is 83.7 Å². The zero-order valence-electron chi connectivity index (χ0n) is 16.9. The molecule has 3 aromatic rings. The fourth-order valence-corrected chi connectivity index (χ4v) is 3.95. The number of nitrogens with zero attached hydrogens (tertiary/aromatic N) is 3. The minimum Gasteiger partial charge on any atom is -0.351 e. The van der Waals surface area contributed by atoms with Crippen molar-refractivity contribution in [1.82, 2.24) is 25.6 Å². The summed E-state index contributed by atoms with van der Waals surface area (Å²) in [7, 11) is 0. The number of carbonyl (C=O) groups is 1. The summed E-state index contributed by atoms with van der Waals surface area (Å²) in [6, 6.07) is 21.2. The molecule has 30 heavy (non-hydrogen) atoms. The Hall–Kier alpha value is -2.70. The van der Waals surface area contributed by atoms with Crippen LogP contribution in [0.25, 0.3) is 0 Å². The van der Waals surface area contributed by atoms with Crippen LogP contribution >= 0.6 is 12.4 Å². The number of halogens is 1. The molecule has 1 saturated heterocycles. The van der Waals surface area contributed by atoms with E-state index in [4.69, 9.17) is 0 Å². The molecule has 1 fully saturated rings. The number of hydrogen-bond acceptors (Lipinski definition) is 4. The predicted molar refractivity (Wildman–Crippen MR) is 120 cm³/mol. The van der Waals surface area contributed by atoms with Crippen molar-refractivity contribution in [3.8, 4) is 0 Å². The van der Waals surface area contributed by atoms with Crippen molar-refractivity contribution >= 4 is 18.3 Å². The molecule has 0 bridgehead atoms. The number of hydrogen-bond donors (Lipinski definition) is 2. The minimum atomic E-state index is -0.162. The van der Waals surface area contributed by atoms with Gasteiger partial charge >= 0.3 is 0 Å². The fraction of sp³-hybridized carbons (Fsp3) is 0.348. The maximum Gasteiger partial charge on any atom is 0.273 e. The standard InChI is InChI=1S/C23H27N5O.ClH/c29-23(22-17-28(27-26-22)20-11-14-24-15-12-20)25-16-13-21(18-7-3-1-4-8-18)19-9-5-2-6-10-19;/h1-10,17,20-21,24H,11-16H2,(H,25,29);1H. The smallest absolute Gasteiger partial charge is 0.273 e. The molecule has 6 nitrogen and oxygen atoms in total. The SMILES string of the molecule is Cl.O=C(NCCC(c1ccccc1)c1ccccc1)c1cn(C2CCNCC2)nn1. The number of aromatic nitrogens is 3. The van der Waals surface area contributed by atoms with E-state index in [-0.39, 0.29) is 24.2 Å². The van der Waals surface area contributed by atoms with Crippen LogP contribution in [0.5, 0.6) is 0 Å². The van der Waals surface area contributed by atoms with Gasteiger partial charge in [0.15, 0.2) is 5.69 Å². The monoisotopic (exact) mass is 425 g/mol. The first-order valence-corrected chi connectivity index (χ1v) is 10.3. The van der Waals surface area contributed by atoms with Crippen LogP contribution in [-0.4, -0.2) is 40.5 Å². The molecular formula is C23H28ClN5O. The van der Waals surface area contributed by atoms with Gasteiger partial charge in [0.2, 0.25) is 0 Å². The zero-order chi connectivity index (χ0) is 19.9. The van der Waals surface area contributed by atoms with E-state index in [1.165, 1.54) is 11.1 Å². The first-order valence-electron chi connectivity index (χ1n) is 10.3. The Morgan fingerprint density at radius 3 is 2.23 bits per heavy atom. The summed E-state index contributed by atoms with van der Waals surface area (Å²) in [6.45, 7) is 2.53. The molecule has 158 valence electrons. The summed E-state index contributed by atoms with van der Waals surface area (Å²) in [6.07, 6.45) is 4.62. The van der Waals surface area contributed by atoms with Gasteiger partial charge in [0.25, 0.3) is 5.91 Å². The molecule has 0 aliphatic carbocycles. The highest BCUT2D eigenvalue weighted by Gasteiger charge is 2.19. The van der Waals surface area contributed by atoms with Crippen LogP contribution in [0.1, 0.15) is 52.8 Å². The van der Waals surface area contributed by atoms with E-state index in [1.54, 1.807) is 6.20 Å². The molecule has 7 heteroatoms. The van der Waals surface area contributed by atoms with Gasteiger partial charge < -0.3 is 10.6 Å². The van der Waals surface area contributed by atoms with E-state index in [0.29, 0.717) is 18.3 Å². The van der Waals surface area contributed by atoms with Gasteiger partial charge in [-0.3, -0.25) is 4.79 Å². The van der Waals surface area contributed by atoms with Crippen molar-refractivity contribution in [2.24, 2.45) is 0 Å². The van der Waals surface area contributed by atoms with Crippen LogP contribution in [0, 0.1) is 0 Å².